The molecule has 6 nitrogen and oxygen atoms in total. The van der Waals surface area contributed by atoms with Crippen molar-refractivity contribution >= 4 is 45.0 Å². The van der Waals surface area contributed by atoms with Gasteiger partial charge in [0.25, 0.3) is 0 Å². The van der Waals surface area contributed by atoms with Crippen LogP contribution in [-0.2, 0) is 19.9 Å². The average Bonchev–Trinajstić information content (AvgIpc) is 3.42. The van der Waals surface area contributed by atoms with Gasteiger partial charge in [-0.3, -0.25) is 19.3 Å². The smallest absolute Gasteiger partial charge is 0.250 e. The molecule has 4 heterocycles. The number of fused-ring (bicyclic) bond motifs is 7. The minimum atomic E-state index is -1.12. The van der Waals surface area contributed by atoms with E-state index in [0.29, 0.717) is 16.7 Å². The van der Waals surface area contributed by atoms with E-state index in [2.05, 4.69) is 26.1 Å². The van der Waals surface area contributed by atoms with Gasteiger partial charge in [0.1, 0.15) is 5.54 Å². The molecule has 2 aromatic carbocycles. The van der Waals surface area contributed by atoms with Gasteiger partial charge in [-0.05, 0) is 72.9 Å². The molecule has 4 aliphatic rings. The van der Waals surface area contributed by atoms with E-state index in [9.17, 15) is 14.4 Å². The van der Waals surface area contributed by atoms with Crippen molar-refractivity contribution in [1.29, 1.82) is 0 Å². The summed E-state index contributed by atoms with van der Waals surface area (Å²) in [5.74, 6) is -1.89. The number of benzene rings is 2. The van der Waals surface area contributed by atoms with Crippen molar-refractivity contribution in [2.75, 3.05) is 16.8 Å². The van der Waals surface area contributed by atoms with Gasteiger partial charge in [-0.2, -0.15) is 0 Å². The predicted molar refractivity (Wildman–Crippen MR) is 120 cm³/mol. The lowest BCUT2D eigenvalue weighted by molar-refractivity contribution is -0.135. The fourth-order valence-electron chi connectivity index (χ4n) is 6.35. The van der Waals surface area contributed by atoms with Gasteiger partial charge in [0, 0.05) is 21.8 Å². The quantitative estimate of drug-likeness (QED) is 0.635. The van der Waals surface area contributed by atoms with Crippen molar-refractivity contribution in [1.82, 2.24) is 4.90 Å². The molecule has 7 heteroatoms. The Balaban J connectivity index is 1.57. The van der Waals surface area contributed by atoms with Crippen LogP contribution in [0.15, 0.2) is 40.9 Å². The molecule has 3 saturated heterocycles. The van der Waals surface area contributed by atoms with Crippen molar-refractivity contribution in [3.05, 3.63) is 57.6 Å². The maximum Gasteiger partial charge on any atom is 0.250 e. The zero-order chi connectivity index (χ0) is 21.7. The highest BCUT2D eigenvalue weighted by Gasteiger charge is 2.74. The van der Waals surface area contributed by atoms with E-state index in [0.717, 1.165) is 35.2 Å². The summed E-state index contributed by atoms with van der Waals surface area (Å²) in [4.78, 5) is 44.8. The summed E-state index contributed by atoms with van der Waals surface area (Å²) in [6, 6.07) is 11.4. The number of nitrogens with zero attached hydrogens (tertiary/aromatic N) is 2. The molecule has 0 saturated carbocycles. The Kier molecular flexibility index (Phi) is 3.88. The largest absolute Gasteiger partial charge is 0.324 e. The van der Waals surface area contributed by atoms with Crippen LogP contribution in [0, 0.1) is 25.7 Å². The van der Waals surface area contributed by atoms with E-state index in [-0.39, 0.29) is 23.8 Å². The number of hydrogen-bond donors (Lipinski definition) is 1. The second-order valence-electron chi connectivity index (χ2n) is 9.14. The lowest BCUT2D eigenvalue weighted by atomic mass is 9.75. The van der Waals surface area contributed by atoms with Crippen LogP contribution in [0.1, 0.15) is 29.5 Å². The summed E-state index contributed by atoms with van der Waals surface area (Å²) in [7, 11) is 0. The second kappa shape index (κ2) is 6.26. The molecule has 3 amide bonds. The molecule has 0 aromatic heterocycles. The van der Waals surface area contributed by atoms with E-state index in [1.54, 1.807) is 0 Å². The first-order valence-corrected chi connectivity index (χ1v) is 11.5. The fraction of sp³-hybridized carbons (Fsp3) is 0.375. The molecule has 1 spiro atoms. The monoisotopic (exact) mass is 479 g/mol. The Morgan fingerprint density at radius 1 is 1.03 bits per heavy atom. The number of rotatable bonds is 1. The molecule has 0 unspecified atom stereocenters. The molecule has 0 aliphatic carbocycles. The van der Waals surface area contributed by atoms with Crippen LogP contribution < -0.4 is 10.2 Å². The molecule has 1 N–H and O–H groups in total. The minimum Gasteiger partial charge on any atom is -0.324 e. The molecule has 4 aliphatic heterocycles. The van der Waals surface area contributed by atoms with Crippen LogP contribution in [-0.4, -0.2) is 35.2 Å². The Morgan fingerprint density at radius 2 is 1.77 bits per heavy atom. The lowest BCUT2D eigenvalue weighted by Crippen LogP contribution is -2.54. The Hall–Kier alpha value is -2.51. The number of carbonyl (C=O) groups excluding carboxylic acids is 3. The standard InChI is InChI=1S/C24H22BrN3O3/c1-12-5-7-16-14(10-12)24(23(31)26-16)20-19(18-4-3-9-27(18)24)21(29)28(22(20)30)17-8-6-13(2)11-15(17)25/h5-8,10-11,18-20H,3-4,9H2,1-2H3,(H,26,31)/t18-,19+,20-,24+/m0/s1. The Bertz CT molecular complexity index is 1190. The number of hydrogen-bond acceptors (Lipinski definition) is 4. The number of carbonyl (C=O) groups is 3. The van der Waals surface area contributed by atoms with Gasteiger partial charge in [-0.1, -0.05) is 23.8 Å². The molecule has 2 aromatic rings. The first-order valence-electron chi connectivity index (χ1n) is 10.7. The highest BCUT2D eigenvalue weighted by molar-refractivity contribution is 9.10. The number of nitrogens with one attached hydrogen (secondary N) is 1. The van der Waals surface area contributed by atoms with Gasteiger partial charge in [-0.15, -0.1) is 0 Å². The summed E-state index contributed by atoms with van der Waals surface area (Å²) in [5.41, 5.74) is 3.08. The predicted octanol–water partition coefficient (Wildman–Crippen LogP) is 3.50. The SMILES string of the molecule is Cc1ccc(N2C(=O)[C@H]3[C@@H](C2=O)[C@]2(C(=O)Nc4ccc(C)cc42)N2CCC[C@@H]32)c(Br)c1. The third-order valence-electron chi connectivity index (χ3n) is 7.49. The van der Waals surface area contributed by atoms with Crippen LogP contribution in [0.4, 0.5) is 11.4 Å². The number of aryl methyl sites for hydroxylation is 2. The number of imide groups is 1. The van der Waals surface area contributed by atoms with E-state index >= 15 is 0 Å². The number of anilines is 2. The van der Waals surface area contributed by atoms with Crippen molar-refractivity contribution in [2.45, 2.75) is 38.3 Å². The van der Waals surface area contributed by atoms with Gasteiger partial charge >= 0.3 is 0 Å². The maximum atomic E-state index is 13.9. The zero-order valence-corrected chi connectivity index (χ0v) is 18.9. The van der Waals surface area contributed by atoms with Crippen LogP contribution in [0.2, 0.25) is 0 Å². The summed E-state index contributed by atoms with van der Waals surface area (Å²) < 4.78 is 0.707. The van der Waals surface area contributed by atoms with Crippen LogP contribution in [0.25, 0.3) is 0 Å². The van der Waals surface area contributed by atoms with E-state index in [1.165, 1.54) is 4.90 Å². The molecule has 158 valence electrons. The van der Waals surface area contributed by atoms with Crippen molar-refractivity contribution < 1.29 is 14.4 Å². The summed E-state index contributed by atoms with van der Waals surface area (Å²) in [6.45, 7) is 4.67. The lowest BCUT2D eigenvalue weighted by Gasteiger charge is -2.36. The van der Waals surface area contributed by atoms with Gasteiger partial charge in [0.15, 0.2) is 0 Å². The van der Waals surface area contributed by atoms with Crippen LogP contribution >= 0.6 is 15.9 Å². The van der Waals surface area contributed by atoms with E-state index < -0.39 is 17.4 Å². The van der Waals surface area contributed by atoms with Gasteiger partial charge in [0.05, 0.1) is 17.5 Å². The average molecular weight is 480 g/mol. The van der Waals surface area contributed by atoms with Crippen molar-refractivity contribution in [3.63, 3.8) is 0 Å². The molecular formula is C24H22BrN3O3. The molecule has 31 heavy (non-hydrogen) atoms. The normalized spacial score (nSPS) is 31.4. The Labute approximate surface area is 188 Å². The zero-order valence-electron chi connectivity index (χ0n) is 17.3. The van der Waals surface area contributed by atoms with E-state index in [4.69, 9.17) is 0 Å². The Morgan fingerprint density at radius 3 is 2.55 bits per heavy atom. The molecule has 3 fully saturated rings. The van der Waals surface area contributed by atoms with Crippen molar-refractivity contribution in [2.24, 2.45) is 11.8 Å². The molecule has 6 rings (SSSR count). The van der Waals surface area contributed by atoms with Gasteiger partial charge in [0.2, 0.25) is 17.7 Å². The molecule has 0 bridgehead atoms. The third-order valence-corrected chi connectivity index (χ3v) is 8.13. The third kappa shape index (κ3) is 2.23. The fourth-order valence-corrected chi connectivity index (χ4v) is 7.02. The summed E-state index contributed by atoms with van der Waals surface area (Å²) >= 11 is 3.53. The summed E-state index contributed by atoms with van der Waals surface area (Å²) in [5, 5.41) is 3.02. The molecule has 4 atom stereocenters. The second-order valence-corrected chi connectivity index (χ2v) is 10.00. The first kappa shape index (κ1) is 19.2. The molecule has 0 radical (unpaired) electrons. The number of halogens is 1. The van der Waals surface area contributed by atoms with Gasteiger partial charge in [-0.25, -0.2) is 4.90 Å². The topological polar surface area (TPSA) is 69.7 Å². The minimum absolute atomic E-state index is 0.104. The summed E-state index contributed by atoms with van der Waals surface area (Å²) in [6.07, 6.45) is 1.74. The molecular weight excluding hydrogens is 458 g/mol. The van der Waals surface area contributed by atoms with Crippen molar-refractivity contribution in [3.8, 4) is 0 Å². The van der Waals surface area contributed by atoms with Crippen LogP contribution in [0.3, 0.4) is 0 Å². The highest BCUT2D eigenvalue weighted by Crippen LogP contribution is 2.61. The van der Waals surface area contributed by atoms with Gasteiger partial charge < -0.3 is 5.32 Å². The maximum absolute atomic E-state index is 13.9. The highest BCUT2D eigenvalue weighted by atomic mass is 79.9. The van der Waals surface area contributed by atoms with Crippen LogP contribution in [0.5, 0.6) is 0 Å². The first-order chi connectivity index (χ1) is 14.9. The number of amides is 3. The van der Waals surface area contributed by atoms with E-state index in [1.807, 2.05) is 50.2 Å².